The van der Waals surface area contributed by atoms with Crippen molar-refractivity contribution in [1.82, 2.24) is 10.9 Å². The van der Waals surface area contributed by atoms with Crippen LogP contribution in [0.2, 0.25) is 0 Å². The van der Waals surface area contributed by atoms with Gasteiger partial charge < -0.3 is 0 Å². The van der Waals surface area contributed by atoms with Gasteiger partial charge in [0.2, 0.25) is 0 Å². The summed E-state index contributed by atoms with van der Waals surface area (Å²) in [7, 11) is 0. The standard InChI is InChI=1S/C4H8N4O2.Na.H/c5-7-3(9)1-2-4(10)8-6;;/h1-2H,5-6H2,(H,7,9)(H,8,10);;/b2-1-;;. The number of rotatable bonds is 2. The third-order valence-electron chi connectivity index (χ3n) is 0.671. The molecule has 7 heteroatoms. The van der Waals surface area contributed by atoms with E-state index in [1.54, 1.807) is 10.9 Å². The van der Waals surface area contributed by atoms with Gasteiger partial charge in [-0.1, -0.05) is 0 Å². The number of hydrogen-bond donors (Lipinski definition) is 4. The van der Waals surface area contributed by atoms with Crippen LogP contribution < -0.4 is 22.5 Å². The zero-order chi connectivity index (χ0) is 7.98. The molecule has 0 aliphatic rings. The van der Waals surface area contributed by atoms with Crippen LogP contribution in [-0.2, 0) is 9.59 Å². The first-order valence-electron chi connectivity index (χ1n) is 2.40. The predicted octanol–water partition coefficient (Wildman–Crippen LogP) is -3.13. The molecular weight excluding hydrogens is 159 g/mol. The molecule has 2 amide bonds. The second-order valence-electron chi connectivity index (χ2n) is 1.35. The number of nitrogens with two attached hydrogens (primary N) is 2. The molecule has 0 unspecified atom stereocenters. The molecule has 0 saturated heterocycles. The summed E-state index contributed by atoms with van der Waals surface area (Å²) < 4.78 is 0. The molecule has 0 aromatic rings. The summed E-state index contributed by atoms with van der Waals surface area (Å²) in [5, 5.41) is 0. The molecule has 0 bridgehead atoms. The van der Waals surface area contributed by atoms with Gasteiger partial charge in [-0.05, 0) is 0 Å². The van der Waals surface area contributed by atoms with Gasteiger partial charge in [0.25, 0.3) is 11.8 Å². The van der Waals surface area contributed by atoms with Crippen molar-refractivity contribution in [3.8, 4) is 0 Å². The fraction of sp³-hybridized carbons (Fsp3) is 0. The van der Waals surface area contributed by atoms with Crippen LogP contribution in [0.1, 0.15) is 0 Å². The Labute approximate surface area is 85.6 Å². The van der Waals surface area contributed by atoms with Crippen molar-refractivity contribution in [2.75, 3.05) is 0 Å². The van der Waals surface area contributed by atoms with Crippen LogP contribution >= 0.6 is 0 Å². The molecule has 0 atom stereocenters. The molecule has 6 nitrogen and oxygen atoms in total. The van der Waals surface area contributed by atoms with Crippen molar-refractivity contribution in [2.24, 2.45) is 11.7 Å². The summed E-state index contributed by atoms with van der Waals surface area (Å²) >= 11 is 0. The average Bonchev–Trinajstić information content (AvgIpc) is 1.99. The fourth-order valence-corrected chi connectivity index (χ4v) is 0.248. The zero-order valence-electron chi connectivity index (χ0n) is 5.13. The first kappa shape index (κ1) is 13.2. The molecule has 0 spiro atoms. The van der Waals surface area contributed by atoms with Gasteiger partial charge in [-0.2, -0.15) is 0 Å². The molecule has 0 heterocycles. The average molecular weight is 168 g/mol. The summed E-state index contributed by atoms with van der Waals surface area (Å²) in [4.78, 5) is 20.6. The summed E-state index contributed by atoms with van der Waals surface area (Å²) in [6.07, 6.45) is 1.92. The Balaban J connectivity index is 0. The van der Waals surface area contributed by atoms with E-state index in [0.717, 1.165) is 12.2 Å². The van der Waals surface area contributed by atoms with Crippen molar-refractivity contribution in [3.05, 3.63) is 12.2 Å². The maximum absolute atomic E-state index is 10.3. The van der Waals surface area contributed by atoms with Gasteiger partial charge in [0.1, 0.15) is 0 Å². The molecule has 0 aromatic heterocycles. The van der Waals surface area contributed by atoms with Crippen LogP contribution in [0.25, 0.3) is 0 Å². The predicted molar refractivity (Wildman–Crippen MR) is 40.9 cm³/mol. The van der Waals surface area contributed by atoms with E-state index in [1.807, 2.05) is 0 Å². The van der Waals surface area contributed by atoms with E-state index in [2.05, 4.69) is 11.7 Å². The third-order valence-corrected chi connectivity index (χ3v) is 0.671. The number of hydrogen-bond acceptors (Lipinski definition) is 4. The zero-order valence-corrected chi connectivity index (χ0v) is 5.13. The van der Waals surface area contributed by atoms with Gasteiger partial charge in [0.05, 0.1) is 0 Å². The summed E-state index contributed by atoms with van der Waals surface area (Å²) in [6, 6.07) is 0. The Morgan fingerprint density at radius 3 is 1.45 bits per heavy atom. The number of amides is 2. The Morgan fingerprint density at radius 1 is 1.00 bits per heavy atom. The van der Waals surface area contributed by atoms with Crippen LogP contribution in [0.4, 0.5) is 0 Å². The molecule has 0 aliphatic carbocycles. The van der Waals surface area contributed by atoms with Crippen molar-refractivity contribution < 1.29 is 9.59 Å². The van der Waals surface area contributed by atoms with E-state index >= 15 is 0 Å². The SMILES string of the molecule is NNC(=O)/C=C\C(=O)NN.[NaH]. The van der Waals surface area contributed by atoms with Gasteiger partial charge in [-0.25, -0.2) is 11.7 Å². The van der Waals surface area contributed by atoms with Crippen molar-refractivity contribution in [2.45, 2.75) is 0 Å². The Morgan fingerprint density at radius 2 is 1.27 bits per heavy atom. The van der Waals surface area contributed by atoms with Crippen LogP contribution in [-0.4, -0.2) is 41.4 Å². The van der Waals surface area contributed by atoms with E-state index in [9.17, 15) is 9.59 Å². The summed E-state index contributed by atoms with van der Waals surface area (Å²) in [5.41, 5.74) is 3.60. The third kappa shape index (κ3) is 7.50. The van der Waals surface area contributed by atoms with E-state index in [1.165, 1.54) is 0 Å². The second kappa shape index (κ2) is 7.70. The fourth-order valence-electron chi connectivity index (χ4n) is 0.248. The number of nitrogens with one attached hydrogen (secondary N) is 2. The van der Waals surface area contributed by atoms with Crippen molar-refractivity contribution in [1.29, 1.82) is 0 Å². The number of hydrazine groups is 2. The maximum atomic E-state index is 10.3. The minimum atomic E-state index is -0.566. The first-order chi connectivity index (χ1) is 4.70. The van der Waals surface area contributed by atoms with Crippen molar-refractivity contribution in [3.63, 3.8) is 0 Å². The monoisotopic (exact) mass is 168 g/mol. The van der Waals surface area contributed by atoms with E-state index in [4.69, 9.17) is 0 Å². The van der Waals surface area contributed by atoms with Gasteiger partial charge in [0, 0.05) is 12.2 Å². The normalized spacial score (nSPS) is 8.55. The Hall–Kier alpha value is -0.400. The molecule has 0 saturated carbocycles. The molecule has 0 fully saturated rings. The molecule has 0 aromatic carbocycles. The quantitative estimate of drug-likeness (QED) is 0.115. The second-order valence-corrected chi connectivity index (χ2v) is 1.35. The van der Waals surface area contributed by atoms with Gasteiger partial charge in [-0.3, -0.25) is 20.4 Å². The van der Waals surface area contributed by atoms with Crippen LogP contribution in [0.3, 0.4) is 0 Å². The molecule has 0 rings (SSSR count). The van der Waals surface area contributed by atoms with E-state index < -0.39 is 11.8 Å². The van der Waals surface area contributed by atoms with Crippen LogP contribution in [0, 0.1) is 0 Å². The number of carbonyl (C=O) groups is 2. The van der Waals surface area contributed by atoms with E-state index in [0.29, 0.717) is 0 Å². The van der Waals surface area contributed by atoms with Crippen LogP contribution in [0.5, 0.6) is 0 Å². The van der Waals surface area contributed by atoms with Gasteiger partial charge >= 0.3 is 29.6 Å². The Bertz CT molecular complexity index is 151. The van der Waals surface area contributed by atoms with Crippen LogP contribution in [0.15, 0.2) is 12.2 Å². The molecular formula is C4H9N4NaO2. The molecule has 58 valence electrons. The first-order valence-corrected chi connectivity index (χ1v) is 2.40. The topological polar surface area (TPSA) is 110 Å². The van der Waals surface area contributed by atoms with Gasteiger partial charge in [0.15, 0.2) is 0 Å². The van der Waals surface area contributed by atoms with Crippen molar-refractivity contribution >= 4 is 41.4 Å². The molecule has 6 N–H and O–H groups in total. The Kier molecular flexibility index (Phi) is 9.25. The summed E-state index contributed by atoms with van der Waals surface area (Å²) in [5.74, 6) is 8.24. The molecule has 0 aliphatic heterocycles. The molecule has 0 radical (unpaired) electrons. The number of carbonyl (C=O) groups excluding carboxylic acids is 2. The molecule has 11 heavy (non-hydrogen) atoms. The van der Waals surface area contributed by atoms with Gasteiger partial charge in [-0.15, -0.1) is 0 Å². The summed E-state index contributed by atoms with van der Waals surface area (Å²) in [6.45, 7) is 0. The van der Waals surface area contributed by atoms with E-state index in [-0.39, 0.29) is 29.6 Å². The minimum absolute atomic E-state index is 0.